The normalized spacial score (nSPS) is 14.1. The second-order valence-electron chi connectivity index (χ2n) is 2.93. The molecular weight excluding hydrogens is 195 g/mol. The fourth-order valence-corrected chi connectivity index (χ4v) is 1.10. The monoisotopic (exact) mass is 205 g/mol. The predicted octanol–water partition coefficient (Wildman–Crippen LogP) is 1.53. The van der Waals surface area contributed by atoms with Crippen molar-refractivity contribution in [3.63, 3.8) is 0 Å². The van der Waals surface area contributed by atoms with Gasteiger partial charge in [0.1, 0.15) is 11.9 Å². The van der Waals surface area contributed by atoms with Crippen LogP contribution in [-0.2, 0) is 0 Å². The fourth-order valence-electron chi connectivity index (χ4n) is 1.10. The largest absolute Gasteiger partial charge is 0.407 e. The second kappa shape index (κ2) is 3.45. The predicted molar refractivity (Wildman–Crippen MR) is 46.4 cm³/mol. The Kier molecular flexibility index (Phi) is 2.66. The average Bonchev–Trinajstić information content (AvgIpc) is 2.01. The zero-order chi connectivity index (χ0) is 10.9. The van der Waals surface area contributed by atoms with Gasteiger partial charge in [0.25, 0.3) is 0 Å². The highest BCUT2D eigenvalue weighted by Gasteiger charge is 2.38. The molecule has 0 amide bonds. The van der Waals surface area contributed by atoms with Crippen LogP contribution in [0.15, 0.2) is 12.1 Å². The third-order valence-corrected chi connectivity index (χ3v) is 1.84. The number of hydrogen-bond donors (Lipinski definition) is 2. The van der Waals surface area contributed by atoms with Gasteiger partial charge in [0.2, 0.25) is 0 Å². The second-order valence-corrected chi connectivity index (χ2v) is 2.93. The summed E-state index contributed by atoms with van der Waals surface area (Å²) < 4.78 is 36.7. The van der Waals surface area contributed by atoms with Crippen LogP contribution in [0.25, 0.3) is 0 Å². The molecule has 1 heterocycles. The molecule has 0 unspecified atom stereocenters. The summed E-state index contributed by atoms with van der Waals surface area (Å²) in [6.45, 7) is 1.44. The van der Waals surface area contributed by atoms with E-state index in [1.165, 1.54) is 19.1 Å². The fraction of sp³-hybridized carbons (Fsp3) is 0.375. The molecule has 6 heteroatoms. The summed E-state index contributed by atoms with van der Waals surface area (Å²) in [6, 6.07) is 0.541. The molecule has 0 saturated carbocycles. The number of halogens is 3. The van der Waals surface area contributed by atoms with Gasteiger partial charge in [-0.3, -0.25) is 0 Å². The molecule has 1 rings (SSSR count). The van der Waals surface area contributed by atoms with Gasteiger partial charge in [-0.05, 0) is 18.6 Å². The van der Waals surface area contributed by atoms with Crippen LogP contribution in [0.1, 0.15) is 17.3 Å². The average molecular weight is 205 g/mol. The van der Waals surface area contributed by atoms with E-state index in [9.17, 15) is 13.2 Å². The van der Waals surface area contributed by atoms with E-state index in [4.69, 9.17) is 11.5 Å². The van der Waals surface area contributed by atoms with Crippen molar-refractivity contribution in [2.45, 2.75) is 19.1 Å². The Balaban J connectivity index is 3.08. The van der Waals surface area contributed by atoms with Gasteiger partial charge in [-0.25, -0.2) is 4.98 Å². The summed E-state index contributed by atoms with van der Waals surface area (Å²) >= 11 is 0. The molecule has 1 atom stereocenters. The standard InChI is InChI=1S/C8H10F3N3/c1-4-5(2-3-6(12)14-4)7(13)8(9,10)11/h2-3,7H,13H2,1H3,(H2,12,14)/t7-/m1/s1. The highest BCUT2D eigenvalue weighted by molar-refractivity contribution is 5.35. The van der Waals surface area contributed by atoms with Crippen molar-refractivity contribution >= 4 is 5.82 Å². The zero-order valence-corrected chi connectivity index (χ0v) is 7.47. The number of pyridine rings is 1. The number of aryl methyl sites for hydroxylation is 1. The van der Waals surface area contributed by atoms with E-state index < -0.39 is 12.2 Å². The van der Waals surface area contributed by atoms with Crippen molar-refractivity contribution in [2.24, 2.45) is 5.73 Å². The summed E-state index contributed by atoms with van der Waals surface area (Å²) in [6.07, 6.45) is -4.46. The third-order valence-electron chi connectivity index (χ3n) is 1.84. The quantitative estimate of drug-likeness (QED) is 0.730. The third kappa shape index (κ3) is 2.14. The van der Waals surface area contributed by atoms with Crippen LogP contribution in [0.4, 0.5) is 19.0 Å². The van der Waals surface area contributed by atoms with Crippen LogP contribution < -0.4 is 11.5 Å². The van der Waals surface area contributed by atoms with Gasteiger partial charge in [0, 0.05) is 5.69 Å². The topological polar surface area (TPSA) is 64.9 Å². The van der Waals surface area contributed by atoms with Gasteiger partial charge in [0.15, 0.2) is 0 Å². The number of rotatable bonds is 1. The van der Waals surface area contributed by atoms with E-state index >= 15 is 0 Å². The Morgan fingerprint density at radius 1 is 1.36 bits per heavy atom. The van der Waals surface area contributed by atoms with E-state index in [-0.39, 0.29) is 17.1 Å². The van der Waals surface area contributed by atoms with Crippen LogP contribution in [0.5, 0.6) is 0 Å². The Morgan fingerprint density at radius 3 is 2.36 bits per heavy atom. The highest BCUT2D eigenvalue weighted by atomic mass is 19.4. The minimum absolute atomic E-state index is 0.0494. The first-order valence-corrected chi connectivity index (χ1v) is 3.87. The number of nitrogens with two attached hydrogens (primary N) is 2. The molecule has 0 spiro atoms. The van der Waals surface area contributed by atoms with Crippen LogP contribution in [0.2, 0.25) is 0 Å². The number of nitrogen functional groups attached to an aromatic ring is 1. The minimum Gasteiger partial charge on any atom is -0.384 e. The molecule has 0 aliphatic heterocycles. The Morgan fingerprint density at radius 2 is 1.93 bits per heavy atom. The number of alkyl halides is 3. The van der Waals surface area contributed by atoms with Gasteiger partial charge in [0.05, 0.1) is 0 Å². The van der Waals surface area contributed by atoms with E-state index in [1.54, 1.807) is 0 Å². The van der Waals surface area contributed by atoms with Crippen molar-refractivity contribution in [2.75, 3.05) is 5.73 Å². The molecule has 1 aromatic rings. The molecule has 0 radical (unpaired) electrons. The Bertz CT molecular complexity index is 335. The van der Waals surface area contributed by atoms with Crippen molar-refractivity contribution in [3.8, 4) is 0 Å². The molecule has 0 aliphatic carbocycles. The zero-order valence-electron chi connectivity index (χ0n) is 7.47. The molecule has 78 valence electrons. The number of hydrogen-bond acceptors (Lipinski definition) is 3. The van der Waals surface area contributed by atoms with Crippen molar-refractivity contribution in [1.29, 1.82) is 0 Å². The van der Waals surface area contributed by atoms with Crippen molar-refractivity contribution in [1.82, 2.24) is 4.98 Å². The first-order chi connectivity index (χ1) is 6.32. The minimum atomic E-state index is -4.46. The number of nitrogens with zero attached hydrogens (tertiary/aromatic N) is 1. The molecule has 1 aromatic heterocycles. The molecule has 0 aromatic carbocycles. The van der Waals surface area contributed by atoms with Crippen molar-refractivity contribution in [3.05, 3.63) is 23.4 Å². The molecule has 14 heavy (non-hydrogen) atoms. The maximum absolute atomic E-state index is 12.2. The SMILES string of the molecule is Cc1nc(N)ccc1[C@@H](N)C(F)(F)F. The smallest absolute Gasteiger partial charge is 0.384 e. The maximum Gasteiger partial charge on any atom is 0.407 e. The van der Waals surface area contributed by atoms with Crippen molar-refractivity contribution < 1.29 is 13.2 Å². The van der Waals surface area contributed by atoms with Gasteiger partial charge in [-0.1, -0.05) is 6.07 Å². The molecule has 0 fully saturated rings. The molecule has 4 N–H and O–H groups in total. The number of anilines is 1. The summed E-state index contributed by atoms with van der Waals surface area (Å²) in [5.41, 5.74) is 10.5. The maximum atomic E-state index is 12.2. The van der Waals surface area contributed by atoms with E-state index in [2.05, 4.69) is 4.98 Å². The summed E-state index contributed by atoms with van der Waals surface area (Å²) in [7, 11) is 0. The molecule has 3 nitrogen and oxygen atoms in total. The van der Waals surface area contributed by atoms with E-state index in [0.29, 0.717) is 0 Å². The first kappa shape index (κ1) is 10.8. The lowest BCUT2D eigenvalue weighted by atomic mass is 10.1. The van der Waals surface area contributed by atoms with E-state index in [0.717, 1.165) is 0 Å². The van der Waals surface area contributed by atoms with Gasteiger partial charge >= 0.3 is 6.18 Å². The lowest BCUT2D eigenvalue weighted by molar-refractivity contribution is -0.149. The molecule has 0 bridgehead atoms. The van der Waals surface area contributed by atoms with Crippen LogP contribution >= 0.6 is 0 Å². The molecular formula is C8H10F3N3. The Labute approximate surface area is 78.9 Å². The van der Waals surface area contributed by atoms with Crippen LogP contribution in [0.3, 0.4) is 0 Å². The summed E-state index contributed by atoms with van der Waals surface area (Å²) in [5.74, 6) is 0.181. The lowest BCUT2D eigenvalue weighted by Crippen LogP contribution is -2.29. The molecule has 0 aliphatic rings. The van der Waals surface area contributed by atoms with Crippen LogP contribution in [0, 0.1) is 6.92 Å². The van der Waals surface area contributed by atoms with Gasteiger partial charge in [-0.15, -0.1) is 0 Å². The number of aromatic nitrogens is 1. The molecule has 0 saturated heterocycles. The summed E-state index contributed by atoms with van der Waals surface area (Å²) in [4.78, 5) is 3.71. The van der Waals surface area contributed by atoms with E-state index in [1.807, 2.05) is 0 Å². The first-order valence-electron chi connectivity index (χ1n) is 3.87. The van der Waals surface area contributed by atoms with Gasteiger partial charge < -0.3 is 11.5 Å². The lowest BCUT2D eigenvalue weighted by Gasteiger charge is -2.17. The summed E-state index contributed by atoms with van der Waals surface area (Å²) in [5, 5.41) is 0. The Hall–Kier alpha value is -1.30. The van der Waals surface area contributed by atoms with Gasteiger partial charge in [-0.2, -0.15) is 13.2 Å². The highest BCUT2D eigenvalue weighted by Crippen LogP contribution is 2.31. The van der Waals surface area contributed by atoms with Crippen LogP contribution in [-0.4, -0.2) is 11.2 Å².